The molecular formula is C13H21N3O2. The highest BCUT2D eigenvalue weighted by Gasteiger charge is 2.17. The second kappa shape index (κ2) is 6.93. The van der Waals surface area contributed by atoms with Gasteiger partial charge in [-0.2, -0.15) is 0 Å². The number of carboxylic acid groups (broad SMARTS) is 1. The number of anilines is 1. The van der Waals surface area contributed by atoms with E-state index in [9.17, 15) is 4.79 Å². The Labute approximate surface area is 108 Å². The Kier molecular flexibility index (Phi) is 5.55. The first-order chi connectivity index (χ1) is 8.58. The van der Waals surface area contributed by atoms with Crippen molar-refractivity contribution < 1.29 is 9.90 Å². The van der Waals surface area contributed by atoms with Crippen LogP contribution in [0.2, 0.25) is 0 Å². The first kappa shape index (κ1) is 14.4. The molecule has 100 valence electrons. The molecule has 0 amide bonds. The number of aliphatic carboxylic acids is 1. The third-order valence-electron chi connectivity index (χ3n) is 2.94. The van der Waals surface area contributed by atoms with Gasteiger partial charge in [-0.1, -0.05) is 20.3 Å². The number of carboxylic acids is 1. The number of aryl methyl sites for hydroxylation is 1. The monoisotopic (exact) mass is 251 g/mol. The van der Waals surface area contributed by atoms with E-state index < -0.39 is 5.97 Å². The van der Waals surface area contributed by atoms with Crippen molar-refractivity contribution >= 4 is 11.8 Å². The van der Waals surface area contributed by atoms with Crippen LogP contribution in [0.4, 0.5) is 5.82 Å². The van der Waals surface area contributed by atoms with Crippen molar-refractivity contribution in [3.8, 4) is 0 Å². The summed E-state index contributed by atoms with van der Waals surface area (Å²) in [7, 11) is 0. The molecule has 0 aliphatic rings. The molecule has 1 aromatic rings. The molecule has 0 fully saturated rings. The molecule has 18 heavy (non-hydrogen) atoms. The van der Waals surface area contributed by atoms with E-state index in [0.717, 1.165) is 25.0 Å². The predicted molar refractivity (Wildman–Crippen MR) is 70.8 cm³/mol. The molecule has 5 nitrogen and oxygen atoms in total. The molecule has 1 unspecified atom stereocenters. The summed E-state index contributed by atoms with van der Waals surface area (Å²) in [5.41, 5.74) is 0.959. The Morgan fingerprint density at radius 2 is 2.17 bits per heavy atom. The summed E-state index contributed by atoms with van der Waals surface area (Å²) in [5.74, 6) is -0.142. The Hall–Kier alpha value is -1.65. The van der Waals surface area contributed by atoms with Gasteiger partial charge in [0.15, 0.2) is 0 Å². The van der Waals surface area contributed by atoms with Gasteiger partial charge in [0.2, 0.25) is 0 Å². The fraction of sp³-hybridized carbons (Fsp3) is 0.615. The van der Waals surface area contributed by atoms with Gasteiger partial charge < -0.3 is 10.0 Å². The van der Waals surface area contributed by atoms with E-state index in [0.29, 0.717) is 5.82 Å². The normalized spacial score (nSPS) is 12.2. The zero-order chi connectivity index (χ0) is 13.5. The molecule has 0 saturated heterocycles. The smallest absolute Gasteiger partial charge is 0.323 e. The highest BCUT2D eigenvalue weighted by molar-refractivity contribution is 5.73. The highest BCUT2D eigenvalue weighted by atomic mass is 16.4. The van der Waals surface area contributed by atoms with E-state index in [1.807, 2.05) is 24.8 Å². The molecule has 0 saturated carbocycles. The zero-order valence-corrected chi connectivity index (χ0v) is 11.3. The van der Waals surface area contributed by atoms with Gasteiger partial charge in [-0.15, -0.1) is 0 Å². The van der Waals surface area contributed by atoms with Crippen LogP contribution in [0.5, 0.6) is 0 Å². The SMILES string of the molecule is CCCc1cc(N(CC(=O)O)C(C)CC)ncn1. The van der Waals surface area contributed by atoms with E-state index in [1.54, 1.807) is 0 Å². The summed E-state index contributed by atoms with van der Waals surface area (Å²) < 4.78 is 0. The molecular weight excluding hydrogens is 230 g/mol. The van der Waals surface area contributed by atoms with Crippen molar-refractivity contribution in [1.29, 1.82) is 0 Å². The van der Waals surface area contributed by atoms with Crippen LogP contribution in [0.1, 0.15) is 39.3 Å². The van der Waals surface area contributed by atoms with Crippen LogP contribution in [0.3, 0.4) is 0 Å². The molecule has 1 rings (SSSR count). The molecule has 0 spiro atoms. The van der Waals surface area contributed by atoms with Crippen LogP contribution in [-0.4, -0.2) is 33.6 Å². The maximum atomic E-state index is 10.9. The van der Waals surface area contributed by atoms with E-state index >= 15 is 0 Å². The lowest BCUT2D eigenvalue weighted by atomic mass is 10.2. The number of hydrogen-bond acceptors (Lipinski definition) is 4. The lowest BCUT2D eigenvalue weighted by Crippen LogP contribution is -2.37. The molecule has 0 aliphatic carbocycles. The van der Waals surface area contributed by atoms with Gasteiger partial charge in [0, 0.05) is 17.8 Å². The number of nitrogens with zero attached hydrogens (tertiary/aromatic N) is 3. The van der Waals surface area contributed by atoms with Crippen molar-refractivity contribution in [2.75, 3.05) is 11.4 Å². The molecule has 1 aromatic heterocycles. The number of aromatic nitrogens is 2. The lowest BCUT2D eigenvalue weighted by molar-refractivity contribution is -0.135. The van der Waals surface area contributed by atoms with E-state index in [4.69, 9.17) is 5.11 Å². The summed E-state index contributed by atoms with van der Waals surface area (Å²) >= 11 is 0. The van der Waals surface area contributed by atoms with Crippen molar-refractivity contribution in [3.05, 3.63) is 18.1 Å². The summed E-state index contributed by atoms with van der Waals surface area (Å²) in [6.45, 7) is 6.10. The van der Waals surface area contributed by atoms with Crippen LogP contribution in [0.15, 0.2) is 12.4 Å². The maximum absolute atomic E-state index is 10.9. The minimum absolute atomic E-state index is 0.0302. The fourth-order valence-electron chi connectivity index (χ4n) is 1.76. The fourth-order valence-corrected chi connectivity index (χ4v) is 1.76. The molecule has 0 aromatic carbocycles. The van der Waals surface area contributed by atoms with E-state index in [2.05, 4.69) is 16.9 Å². The van der Waals surface area contributed by atoms with Crippen LogP contribution < -0.4 is 4.90 Å². The summed E-state index contributed by atoms with van der Waals surface area (Å²) in [6, 6.07) is 2.03. The first-order valence-corrected chi connectivity index (χ1v) is 6.37. The predicted octanol–water partition coefficient (Wildman–Crippen LogP) is 2.12. The van der Waals surface area contributed by atoms with Crippen molar-refractivity contribution in [2.45, 2.75) is 46.1 Å². The first-order valence-electron chi connectivity index (χ1n) is 6.37. The average Bonchev–Trinajstić information content (AvgIpc) is 2.35. The summed E-state index contributed by atoms with van der Waals surface area (Å²) in [4.78, 5) is 21.1. The Bertz CT molecular complexity index is 396. The summed E-state index contributed by atoms with van der Waals surface area (Å²) in [6.07, 6.45) is 4.29. The number of carbonyl (C=O) groups is 1. The van der Waals surface area contributed by atoms with Gasteiger partial charge in [-0.25, -0.2) is 9.97 Å². The second-order valence-corrected chi connectivity index (χ2v) is 4.40. The quantitative estimate of drug-likeness (QED) is 0.804. The molecule has 5 heteroatoms. The minimum Gasteiger partial charge on any atom is -0.480 e. The molecule has 0 bridgehead atoms. The summed E-state index contributed by atoms with van der Waals surface area (Å²) in [5, 5.41) is 8.98. The lowest BCUT2D eigenvalue weighted by Gasteiger charge is -2.28. The maximum Gasteiger partial charge on any atom is 0.323 e. The second-order valence-electron chi connectivity index (χ2n) is 4.40. The molecule has 1 heterocycles. The van der Waals surface area contributed by atoms with Crippen molar-refractivity contribution in [1.82, 2.24) is 9.97 Å². The number of hydrogen-bond donors (Lipinski definition) is 1. The highest BCUT2D eigenvalue weighted by Crippen LogP contribution is 2.16. The Balaban J connectivity index is 2.96. The zero-order valence-electron chi connectivity index (χ0n) is 11.3. The number of rotatable bonds is 7. The van der Waals surface area contributed by atoms with Crippen LogP contribution >= 0.6 is 0 Å². The largest absolute Gasteiger partial charge is 0.480 e. The third-order valence-corrected chi connectivity index (χ3v) is 2.94. The minimum atomic E-state index is -0.842. The molecule has 1 N–H and O–H groups in total. The van der Waals surface area contributed by atoms with Crippen LogP contribution in [0, 0.1) is 0 Å². The van der Waals surface area contributed by atoms with Crippen LogP contribution in [0.25, 0.3) is 0 Å². The van der Waals surface area contributed by atoms with Gasteiger partial charge in [0.05, 0.1) is 0 Å². The molecule has 0 aliphatic heterocycles. The molecule has 1 atom stereocenters. The van der Waals surface area contributed by atoms with E-state index in [-0.39, 0.29) is 12.6 Å². The molecule has 0 radical (unpaired) electrons. The van der Waals surface area contributed by atoms with Gasteiger partial charge in [-0.05, 0) is 19.8 Å². The van der Waals surface area contributed by atoms with Crippen molar-refractivity contribution in [2.24, 2.45) is 0 Å². The topological polar surface area (TPSA) is 66.3 Å². The Morgan fingerprint density at radius 1 is 1.44 bits per heavy atom. The van der Waals surface area contributed by atoms with Gasteiger partial charge >= 0.3 is 5.97 Å². The van der Waals surface area contributed by atoms with Crippen molar-refractivity contribution in [3.63, 3.8) is 0 Å². The van der Waals surface area contributed by atoms with Gasteiger partial charge in [0.1, 0.15) is 18.7 Å². The average molecular weight is 251 g/mol. The van der Waals surface area contributed by atoms with E-state index in [1.165, 1.54) is 6.33 Å². The van der Waals surface area contributed by atoms with Gasteiger partial charge in [0.25, 0.3) is 0 Å². The Morgan fingerprint density at radius 3 is 2.72 bits per heavy atom. The standard InChI is InChI=1S/C13H21N3O2/c1-4-6-11-7-12(15-9-14-11)16(8-13(17)18)10(3)5-2/h7,9-10H,4-6,8H2,1-3H3,(H,17,18). The van der Waals surface area contributed by atoms with Gasteiger partial charge in [-0.3, -0.25) is 4.79 Å². The third kappa shape index (κ3) is 3.98. The van der Waals surface area contributed by atoms with Crippen LogP contribution in [-0.2, 0) is 11.2 Å².